The lowest BCUT2D eigenvalue weighted by molar-refractivity contribution is 0.886. The highest BCUT2D eigenvalue weighted by Gasteiger charge is 2.15. The molecule has 0 amide bonds. The number of rotatable bonds is 3. The summed E-state index contributed by atoms with van der Waals surface area (Å²) in [6.07, 6.45) is 5.91. The van der Waals surface area contributed by atoms with Crippen LogP contribution in [0.5, 0.6) is 0 Å². The second-order valence-corrected chi connectivity index (χ2v) is 5.55. The van der Waals surface area contributed by atoms with Gasteiger partial charge >= 0.3 is 0 Å². The van der Waals surface area contributed by atoms with Gasteiger partial charge in [-0.2, -0.15) is 0 Å². The van der Waals surface area contributed by atoms with E-state index in [9.17, 15) is 0 Å². The second-order valence-electron chi connectivity index (χ2n) is 5.11. The zero-order chi connectivity index (χ0) is 13.2. The van der Waals surface area contributed by atoms with Gasteiger partial charge in [0, 0.05) is 5.02 Å². The van der Waals surface area contributed by atoms with Crippen LogP contribution in [-0.2, 0) is 6.42 Å². The third-order valence-corrected chi connectivity index (χ3v) is 3.94. The minimum absolute atomic E-state index is 0.790. The standard InChI is InChI=1S/C18H17Cl/c1-2-4-13-11-15-5-3-6-17(18(15)12-13)14-7-9-16(19)10-8-14/h3,5-10,12H,2,4,11H2,1H3. The van der Waals surface area contributed by atoms with E-state index in [2.05, 4.69) is 43.3 Å². The predicted octanol–water partition coefficient (Wildman–Crippen LogP) is 5.75. The lowest BCUT2D eigenvalue weighted by Gasteiger charge is -2.07. The highest BCUT2D eigenvalue weighted by Crippen LogP contribution is 2.35. The molecule has 0 aliphatic heterocycles. The SMILES string of the molecule is CCCC1=Cc2c(cccc2-c2ccc(Cl)cc2)C1. The Kier molecular flexibility index (Phi) is 3.44. The fourth-order valence-electron chi connectivity index (χ4n) is 2.80. The minimum Gasteiger partial charge on any atom is -0.0843 e. The summed E-state index contributed by atoms with van der Waals surface area (Å²) in [7, 11) is 0. The average Bonchev–Trinajstić information content (AvgIpc) is 2.82. The molecule has 0 unspecified atom stereocenters. The number of fused-ring (bicyclic) bond motifs is 1. The van der Waals surface area contributed by atoms with Crippen molar-refractivity contribution in [2.75, 3.05) is 0 Å². The highest BCUT2D eigenvalue weighted by molar-refractivity contribution is 6.30. The summed E-state index contributed by atoms with van der Waals surface area (Å²) in [6, 6.07) is 14.7. The molecule has 0 spiro atoms. The van der Waals surface area contributed by atoms with Gasteiger partial charge in [0.05, 0.1) is 0 Å². The quantitative estimate of drug-likeness (QED) is 0.665. The Labute approximate surface area is 119 Å². The van der Waals surface area contributed by atoms with E-state index in [1.54, 1.807) is 5.57 Å². The summed E-state index contributed by atoms with van der Waals surface area (Å²) in [5, 5.41) is 0.790. The zero-order valence-corrected chi connectivity index (χ0v) is 11.9. The van der Waals surface area contributed by atoms with Crippen LogP contribution in [0.3, 0.4) is 0 Å². The molecule has 3 rings (SSSR count). The summed E-state index contributed by atoms with van der Waals surface area (Å²) >= 11 is 5.97. The molecule has 19 heavy (non-hydrogen) atoms. The minimum atomic E-state index is 0.790. The van der Waals surface area contributed by atoms with Gasteiger partial charge in [-0.3, -0.25) is 0 Å². The van der Waals surface area contributed by atoms with Gasteiger partial charge in [0.25, 0.3) is 0 Å². The summed E-state index contributed by atoms with van der Waals surface area (Å²) < 4.78 is 0. The fourth-order valence-corrected chi connectivity index (χ4v) is 2.93. The van der Waals surface area contributed by atoms with Gasteiger partial charge in [-0.05, 0) is 47.2 Å². The first-order valence-electron chi connectivity index (χ1n) is 6.85. The molecule has 1 aliphatic carbocycles. The Balaban J connectivity index is 2.05. The van der Waals surface area contributed by atoms with E-state index in [-0.39, 0.29) is 0 Å². The molecule has 0 aromatic heterocycles. The molecule has 0 bridgehead atoms. The zero-order valence-electron chi connectivity index (χ0n) is 11.1. The van der Waals surface area contributed by atoms with Crippen molar-refractivity contribution in [3.8, 4) is 11.1 Å². The van der Waals surface area contributed by atoms with E-state index in [1.165, 1.54) is 35.1 Å². The van der Waals surface area contributed by atoms with Gasteiger partial charge < -0.3 is 0 Å². The fraction of sp³-hybridized carbons (Fsp3) is 0.222. The smallest absolute Gasteiger partial charge is 0.0406 e. The van der Waals surface area contributed by atoms with E-state index < -0.39 is 0 Å². The van der Waals surface area contributed by atoms with E-state index >= 15 is 0 Å². The lowest BCUT2D eigenvalue weighted by Crippen LogP contribution is -1.87. The van der Waals surface area contributed by atoms with Crippen LogP contribution in [0.25, 0.3) is 17.2 Å². The second kappa shape index (κ2) is 5.22. The Morgan fingerprint density at radius 3 is 2.58 bits per heavy atom. The molecule has 2 aromatic rings. The van der Waals surface area contributed by atoms with Gasteiger partial charge in [-0.25, -0.2) is 0 Å². The summed E-state index contributed by atoms with van der Waals surface area (Å²) in [4.78, 5) is 0. The van der Waals surface area contributed by atoms with Crippen LogP contribution in [0.2, 0.25) is 5.02 Å². The molecule has 0 fully saturated rings. The van der Waals surface area contributed by atoms with Crippen LogP contribution in [0.4, 0.5) is 0 Å². The summed E-state index contributed by atoms with van der Waals surface area (Å²) in [6.45, 7) is 2.24. The molecule has 2 aromatic carbocycles. The number of benzene rings is 2. The molecule has 0 atom stereocenters. The molecular formula is C18H17Cl. The van der Waals surface area contributed by atoms with Gasteiger partial charge in [-0.15, -0.1) is 0 Å². The van der Waals surface area contributed by atoms with Crippen LogP contribution in [0.1, 0.15) is 30.9 Å². The van der Waals surface area contributed by atoms with Crippen LogP contribution in [-0.4, -0.2) is 0 Å². The molecule has 96 valence electrons. The van der Waals surface area contributed by atoms with Gasteiger partial charge in [-0.1, -0.05) is 66.9 Å². The number of hydrogen-bond acceptors (Lipinski definition) is 0. The third kappa shape index (κ3) is 2.46. The number of allylic oxidation sites excluding steroid dienone is 1. The Hall–Kier alpha value is -1.53. The first-order valence-corrected chi connectivity index (χ1v) is 7.23. The molecule has 1 heteroatoms. The van der Waals surface area contributed by atoms with Gasteiger partial charge in [0.15, 0.2) is 0 Å². The lowest BCUT2D eigenvalue weighted by atomic mass is 9.97. The predicted molar refractivity (Wildman–Crippen MR) is 83.5 cm³/mol. The van der Waals surface area contributed by atoms with Crippen molar-refractivity contribution < 1.29 is 0 Å². The maximum atomic E-state index is 5.97. The van der Waals surface area contributed by atoms with E-state index in [1.807, 2.05) is 12.1 Å². The molecule has 0 N–H and O–H groups in total. The van der Waals surface area contributed by atoms with E-state index in [0.717, 1.165) is 11.4 Å². The van der Waals surface area contributed by atoms with Crippen LogP contribution in [0.15, 0.2) is 48.0 Å². The van der Waals surface area contributed by atoms with Crippen molar-refractivity contribution in [3.05, 3.63) is 64.2 Å². The van der Waals surface area contributed by atoms with E-state index in [0.29, 0.717) is 0 Å². The molecule has 1 aliphatic rings. The first-order chi connectivity index (χ1) is 9.28. The number of halogens is 1. The molecular weight excluding hydrogens is 252 g/mol. The molecule has 0 heterocycles. The third-order valence-electron chi connectivity index (χ3n) is 3.69. The maximum absolute atomic E-state index is 5.97. The van der Waals surface area contributed by atoms with Crippen molar-refractivity contribution in [3.63, 3.8) is 0 Å². The Bertz CT molecular complexity index is 621. The maximum Gasteiger partial charge on any atom is 0.0406 e. The van der Waals surface area contributed by atoms with Crippen molar-refractivity contribution >= 4 is 17.7 Å². The molecule has 0 saturated carbocycles. The van der Waals surface area contributed by atoms with Crippen LogP contribution in [0, 0.1) is 0 Å². The van der Waals surface area contributed by atoms with Crippen molar-refractivity contribution in [2.45, 2.75) is 26.2 Å². The molecule has 0 radical (unpaired) electrons. The topological polar surface area (TPSA) is 0 Å². The number of hydrogen-bond donors (Lipinski definition) is 0. The monoisotopic (exact) mass is 268 g/mol. The summed E-state index contributed by atoms with van der Waals surface area (Å²) in [5.41, 5.74) is 6.97. The van der Waals surface area contributed by atoms with Gasteiger partial charge in [0.1, 0.15) is 0 Å². The van der Waals surface area contributed by atoms with E-state index in [4.69, 9.17) is 11.6 Å². The van der Waals surface area contributed by atoms with Crippen molar-refractivity contribution in [1.29, 1.82) is 0 Å². The first kappa shape index (κ1) is 12.5. The van der Waals surface area contributed by atoms with Crippen molar-refractivity contribution in [2.24, 2.45) is 0 Å². The largest absolute Gasteiger partial charge is 0.0843 e. The Morgan fingerprint density at radius 2 is 1.84 bits per heavy atom. The molecule has 0 nitrogen and oxygen atoms in total. The van der Waals surface area contributed by atoms with Crippen molar-refractivity contribution in [1.82, 2.24) is 0 Å². The summed E-state index contributed by atoms with van der Waals surface area (Å²) in [5.74, 6) is 0. The van der Waals surface area contributed by atoms with Crippen LogP contribution < -0.4 is 0 Å². The Morgan fingerprint density at radius 1 is 1.05 bits per heavy atom. The highest BCUT2D eigenvalue weighted by atomic mass is 35.5. The normalized spacial score (nSPS) is 13.3. The van der Waals surface area contributed by atoms with Crippen LogP contribution >= 0.6 is 11.6 Å². The molecule has 0 saturated heterocycles. The average molecular weight is 269 g/mol. The van der Waals surface area contributed by atoms with Gasteiger partial charge in [0.2, 0.25) is 0 Å².